The number of rotatable bonds is 3. The van der Waals surface area contributed by atoms with Gasteiger partial charge in [0.15, 0.2) is 0 Å². The third kappa shape index (κ3) is 3.09. The van der Waals surface area contributed by atoms with Gasteiger partial charge in [0.1, 0.15) is 11.2 Å². The monoisotopic (exact) mass is 300 g/mol. The molecule has 1 aliphatic heterocycles. The number of nitrogens with zero attached hydrogens (tertiary/aromatic N) is 2. The molecule has 92 valence electrons. The Balaban J connectivity index is 1.91. The van der Waals surface area contributed by atoms with Gasteiger partial charge >= 0.3 is 6.09 Å². The highest BCUT2D eigenvalue weighted by Crippen LogP contribution is 2.19. The van der Waals surface area contributed by atoms with Crippen molar-refractivity contribution in [3.8, 4) is 5.88 Å². The predicted molar refractivity (Wildman–Crippen MR) is 65.2 cm³/mol. The van der Waals surface area contributed by atoms with Gasteiger partial charge in [-0.05, 0) is 34.8 Å². The summed E-state index contributed by atoms with van der Waals surface area (Å²) in [5.41, 5.74) is 0. The van der Waals surface area contributed by atoms with Crippen LogP contribution in [0.5, 0.6) is 5.88 Å². The van der Waals surface area contributed by atoms with Crippen LogP contribution in [0.4, 0.5) is 4.79 Å². The van der Waals surface area contributed by atoms with E-state index in [0.717, 1.165) is 12.8 Å². The molecule has 1 aromatic rings. The summed E-state index contributed by atoms with van der Waals surface area (Å²) in [6, 6.07) is 5.33. The van der Waals surface area contributed by atoms with E-state index in [-0.39, 0.29) is 6.04 Å². The molecule has 1 amide bonds. The number of ether oxygens (including phenoxy) is 1. The maximum Gasteiger partial charge on any atom is 0.407 e. The molecule has 1 aliphatic rings. The van der Waals surface area contributed by atoms with Crippen molar-refractivity contribution in [3.05, 3.63) is 22.8 Å². The minimum Gasteiger partial charge on any atom is -0.475 e. The van der Waals surface area contributed by atoms with Crippen molar-refractivity contribution < 1.29 is 14.6 Å². The fourth-order valence-electron chi connectivity index (χ4n) is 1.91. The lowest BCUT2D eigenvalue weighted by atomic mass is 10.2. The number of hydrogen-bond acceptors (Lipinski definition) is 3. The molecule has 0 aromatic carbocycles. The van der Waals surface area contributed by atoms with E-state index in [1.165, 1.54) is 4.90 Å². The van der Waals surface area contributed by atoms with E-state index >= 15 is 0 Å². The van der Waals surface area contributed by atoms with Crippen LogP contribution in [0.3, 0.4) is 0 Å². The smallest absolute Gasteiger partial charge is 0.407 e. The fourth-order valence-corrected chi connectivity index (χ4v) is 2.24. The average Bonchev–Trinajstić information content (AvgIpc) is 2.74. The molecule has 1 fully saturated rings. The number of aromatic nitrogens is 1. The van der Waals surface area contributed by atoms with Crippen LogP contribution in [0.15, 0.2) is 22.8 Å². The van der Waals surface area contributed by atoms with Crippen LogP contribution in [0.25, 0.3) is 0 Å². The summed E-state index contributed by atoms with van der Waals surface area (Å²) < 4.78 is 6.21. The summed E-state index contributed by atoms with van der Waals surface area (Å²) in [5.74, 6) is 0.511. The molecule has 0 radical (unpaired) electrons. The number of amides is 1. The minimum atomic E-state index is -0.877. The lowest BCUT2D eigenvalue weighted by Gasteiger charge is -2.21. The quantitative estimate of drug-likeness (QED) is 0.871. The maximum atomic E-state index is 10.9. The van der Waals surface area contributed by atoms with Crippen molar-refractivity contribution in [2.24, 2.45) is 0 Å². The van der Waals surface area contributed by atoms with Gasteiger partial charge in [0.25, 0.3) is 0 Å². The second kappa shape index (κ2) is 5.35. The summed E-state index contributed by atoms with van der Waals surface area (Å²) in [6.45, 7) is 0.949. The first-order valence-electron chi connectivity index (χ1n) is 5.42. The lowest BCUT2D eigenvalue weighted by Crippen LogP contribution is -2.38. The lowest BCUT2D eigenvalue weighted by molar-refractivity contribution is 0.122. The van der Waals surface area contributed by atoms with E-state index < -0.39 is 6.09 Å². The zero-order valence-electron chi connectivity index (χ0n) is 9.17. The highest BCUT2D eigenvalue weighted by Gasteiger charge is 2.28. The Bertz CT molecular complexity index is 413. The molecular weight excluding hydrogens is 288 g/mol. The topological polar surface area (TPSA) is 62.7 Å². The SMILES string of the molecule is O=C(O)N1CCCC1COc1cccc(Br)n1. The summed E-state index contributed by atoms with van der Waals surface area (Å²) in [5, 5.41) is 8.97. The molecule has 0 saturated carbocycles. The predicted octanol–water partition coefficient (Wildman–Crippen LogP) is 2.37. The Morgan fingerprint density at radius 1 is 1.65 bits per heavy atom. The maximum absolute atomic E-state index is 10.9. The highest BCUT2D eigenvalue weighted by atomic mass is 79.9. The number of halogens is 1. The molecule has 0 aliphatic carbocycles. The first kappa shape index (κ1) is 12.2. The standard InChI is InChI=1S/C11H13BrN2O3/c12-9-4-1-5-10(13-9)17-7-8-3-2-6-14(8)11(15)16/h1,4-5,8H,2-3,6-7H2,(H,15,16). The molecule has 1 saturated heterocycles. The molecule has 1 N–H and O–H groups in total. The first-order chi connectivity index (χ1) is 8.16. The molecule has 0 spiro atoms. The number of pyridine rings is 1. The minimum absolute atomic E-state index is 0.0618. The van der Waals surface area contributed by atoms with Gasteiger partial charge in [-0.2, -0.15) is 0 Å². The first-order valence-corrected chi connectivity index (χ1v) is 6.21. The van der Waals surface area contributed by atoms with E-state index in [4.69, 9.17) is 9.84 Å². The van der Waals surface area contributed by atoms with E-state index in [2.05, 4.69) is 20.9 Å². The van der Waals surface area contributed by atoms with Crippen LogP contribution in [0, 0.1) is 0 Å². The van der Waals surface area contributed by atoms with Crippen molar-refractivity contribution in [3.63, 3.8) is 0 Å². The Morgan fingerprint density at radius 3 is 3.18 bits per heavy atom. The van der Waals surface area contributed by atoms with Gasteiger partial charge in [-0.25, -0.2) is 9.78 Å². The fraction of sp³-hybridized carbons (Fsp3) is 0.455. The third-order valence-electron chi connectivity index (χ3n) is 2.74. The van der Waals surface area contributed by atoms with Crippen molar-refractivity contribution in [2.75, 3.05) is 13.2 Å². The highest BCUT2D eigenvalue weighted by molar-refractivity contribution is 9.10. The van der Waals surface area contributed by atoms with Crippen molar-refractivity contribution >= 4 is 22.0 Å². The number of carbonyl (C=O) groups is 1. The number of hydrogen-bond donors (Lipinski definition) is 1. The van der Waals surface area contributed by atoms with Gasteiger partial charge in [-0.1, -0.05) is 6.07 Å². The molecule has 1 atom stereocenters. The largest absolute Gasteiger partial charge is 0.475 e. The molecule has 1 aromatic heterocycles. The van der Waals surface area contributed by atoms with Gasteiger partial charge < -0.3 is 14.7 Å². The van der Waals surface area contributed by atoms with E-state index in [9.17, 15) is 4.79 Å². The molecule has 2 heterocycles. The average molecular weight is 301 g/mol. The van der Waals surface area contributed by atoms with Gasteiger partial charge in [0.05, 0.1) is 6.04 Å². The van der Waals surface area contributed by atoms with Gasteiger partial charge in [0.2, 0.25) is 5.88 Å². The number of carboxylic acid groups (broad SMARTS) is 1. The Morgan fingerprint density at radius 2 is 2.47 bits per heavy atom. The summed E-state index contributed by atoms with van der Waals surface area (Å²) >= 11 is 3.26. The van der Waals surface area contributed by atoms with Crippen LogP contribution in [-0.4, -0.2) is 40.3 Å². The van der Waals surface area contributed by atoms with Crippen LogP contribution in [0.2, 0.25) is 0 Å². The van der Waals surface area contributed by atoms with E-state index in [1.54, 1.807) is 6.07 Å². The van der Waals surface area contributed by atoms with E-state index in [1.807, 2.05) is 12.1 Å². The Labute approximate surface area is 108 Å². The molecule has 6 heteroatoms. The summed E-state index contributed by atoms with van der Waals surface area (Å²) in [7, 11) is 0. The molecular formula is C11H13BrN2O3. The third-order valence-corrected chi connectivity index (χ3v) is 3.18. The summed E-state index contributed by atoms with van der Waals surface area (Å²) in [4.78, 5) is 16.5. The molecule has 5 nitrogen and oxygen atoms in total. The normalized spacial score (nSPS) is 19.4. The summed E-state index contributed by atoms with van der Waals surface area (Å²) in [6.07, 6.45) is 0.866. The molecule has 17 heavy (non-hydrogen) atoms. The van der Waals surface area contributed by atoms with Crippen LogP contribution in [0.1, 0.15) is 12.8 Å². The zero-order chi connectivity index (χ0) is 12.3. The zero-order valence-corrected chi connectivity index (χ0v) is 10.8. The second-order valence-electron chi connectivity index (χ2n) is 3.88. The molecule has 1 unspecified atom stereocenters. The van der Waals surface area contributed by atoms with Crippen molar-refractivity contribution in [1.82, 2.24) is 9.88 Å². The van der Waals surface area contributed by atoms with Crippen LogP contribution in [-0.2, 0) is 0 Å². The Hall–Kier alpha value is -1.30. The Kier molecular flexibility index (Phi) is 3.83. The van der Waals surface area contributed by atoms with Gasteiger partial charge in [-0.15, -0.1) is 0 Å². The van der Waals surface area contributed by atoms with Crippen LogP contribution < -0.4 is 4.74 Å². The van der Waals surface area contributed by atoms with Gasteiger partial charge in [0, 0.05) is 12.6 Å². The van der Waals surface area contributed by atoms with Crippen molar-refractivity contribution in [1.29, 1.82) is 0 Å². The molecule has 2 rings (SSSR count). The van der Waals surface area contributed by atoms with Crippen molar-refractivity contribution in [2.45, 2.75) is 18.9 Å². The molecule has 0 bridgehead atoms. The van der Waals surface area contributed by atoms with Crippen LogP contribution >= 0.6 is 15.9 Å². The van der Waals surface area contributed by atoms with E-state index in [0.29, 0.717) is 23.6 Å². The second-order valence-corrected chi connectivity index (χ2v) is 4.69. The van der Waals surface area contributed by atoms with Gasteiger partial charge in [-0.3, -0.25) is 0 Å². The number of likely N-dealkylation sites (tertiary alicyclic amines) is 1.